The first-order valence-corrected chi connectivity index (χ1v) is 14.3. The zero-order valence-electron chi connectivity index (χ0n) is 23.8. The molecule has 0 bridgehead atoms. The summed E-state index contributed by atoms with van der Waals surface area (Å²) in [5, 5.41) is 17.8. The third-order valence-electron chi connectivity index (χ3n) is 5.75. The van der Waals surface area contributed by atoms with E-state index in [0.717, 1.165) is 25.2 Å². The molecule has 0 aromatic carbocycles. The van der Waals surface area contributed by atoms with Crippen molar-refractivity contribution in [2.45, 2.75) is 131 Å². The SMILES string of the molecule is C=C(C)C(=O)C(CCCCCCCCCCCCCC(C)C)(C(=O)O)C(=O)C(=C)C.CC(C)O.[O]=[Zr]. The Morgan fingerprint density at radius 2 is 0.972 bits per heavy atom. The standard InChI is InChI=1S/C26H44O4.C3H8O.O.Zr/c1-20(2)18-16-14-12-10-8-7-9-11-13-15-17-19-26(25(29)30,23(27)21(3)4)24(28)22(5)6;1-3(2)4;;/h20H,3,5,7-19H2,1-2,4,6H3,(H,29,30);3-4H,1-2H3;;. The van der Waals surface area contributed by atoms with Crippen LogP contribution in [0.3, 0.4) is 0 Å². The fourth-order valence-corrected chi connectivity index (χ4v) is 3.89. The van der Waals surface area contributed by atoms with Crippen molar-refractivity contribution >= 4 is 17.5 Å². The molecule has 0 aliphatic carbocycles. The zero-order valence-corrected chi connectivity index (χ0v) is 26.2. The molecule has 0 saturated carbocycles. The first-order chi connectivity index (χ1) is 16.8. The molecule has 0 aliphatic rings. The number of allylic oxidation sites excluding steroid dienone is 2. The molecule has 0 atom stereocenters. The predicted octanol–water partition coefficient (Wildman–Crippen LogP) is 7.34. The average Bonchev–Trinajstić information content (AvgIpc) is 2.79. The summed E-state index contributed by atoms with van der Waals surface area (Å²) in [6, 6.07) is 0. The molecule has 6 nitrogen and oxygen atoms in total. The van der Waals surface area contributed by atoms with E-state index < -0.39 is 23.0 Å². The average molecular weight is 588 g/mol. The monoisotopic (exact) mass is 586 g/mol. The Labute approximate surface area is 235 Å². The molecule has 0 spiro atoms. The summed E-state index contributed by atoms with van der Waals surface area (Å²) in [5.74, 6) is -1.98. The molecule has 0 unspecified atom stereocenters. The number of rotatable bonds is 19. The first-order valence-electron chi connectivity index (χ1n) is 13.3. The molecule has 0 heterocycles. The van der Waals surface area contributed by atoms with Crippen molar-refractivity contribution in [2.24, 2.45) is 11.3 Å². The topological polar surface area (TPSA) is 109 Å². The third-order valence-corrected chi connectivity index (χ3v) is 5.75. The van der Waals surface area contributed by atoms with Crippen molar-refractivity contribution in [1.82, 2.24) is 0 Å². The van der Waals surface area contributed by atoms with E-state index in [1.165, 1.54) is 65.2 Å². The fourth-order valence-electron chi connectivity index (χ4n) is 3.89. The number of aliphatic carboxylic acids is 1. The number of hydrogen-bond donors (Lipinski definition) is 2. The van der Waals surface area contributed by atoms with Crippen LogP contribution < -0.4 is 0 Å². The van der Waals surface area contributed by atoms with Gasteiger partial charge >= 0.3 is 33.5 Å². The van der Waals surface area contributed by atoms with Gasteiger partial charge in [0.1, 0.15) is 0 Å². The van der Waals surface area contributed by atoms with E-state index in [1.54, 1.807) is 13.8 Å². The number of carbonyl (C=O) groups is 3. The van der Waals surface area contributed by atoms with Crippen molar-refractivity contribution in [1.29, 1.82) is 0 Å². The van der Waals surface area contributed by atoms with Crippen LogP contribution in [0.25, 0.3) is 0 Å². The molecule has 0 fully saturated rings. The number of aliphatic hydroxyl groups excluding tert-OH is 1. The molecule has 0 aromatic rings. The number of ketones is 2. The van der Waals surface area contributed by atoms with Crippen LogP contribution >= 0.6 is 0 Å². The molecule has 0 saturated heterocycles. The Bertz CT molecular complexity index is 625. The van der Waals surface area contributed by atoms with Crippen molar-refractivity contribution in [2.75, 3.05) is 0 Å². The summed E-state index contributed by atoms with van der Waals surface area (Å²) in [6.45, 7) is 18.0. The molecule has 0 amide bonds. The summed E-state index contributed by atoms with van der Waals surface area (Å²) in [5.41, 5.74) is -1.87. The number of carboxylic acids is 1. The Morgan fingerprint density at radius 3 is 1.22 bits per heavy atom. The van der Waals surface area contributed by atoms with Gasteiger partial charge in [-0.25, -0.2) is 0 Å². The summed E-state index contributed by atoms with van der Waals surface area (Å²) in [7, 11) is 0. The predicted molar refractivity (Wildman–Crippen MR) is 143 cm³/mol. The molecular weight excluding hydrogens is 536 g/mol. The molecule has 7 heteroatoms. The zero-order chi connectivity index (χ0) is 28.7. The van der Waals surface area contributed by atoms with Crippen LogP contribution in [0.1, 0.15) is 125 Å². The van der Waals surface area contributed by atoms with Gasteiger partial charge in [-0.3, -0.25) is 14.4 Å². The third kappa shape index (κ3) is 19.1. The van der Waals surface area contributed by atoms with Gasteiger partial charge in [0.2, 0.25) is 0 Å². The van der Waals surface area contributed by atoms with E-state index in [4.69, 9.17) is 7.92 Å². The summed E-state index contributed by atoms with van der Waals surface area (Å²) < 4.78 is 8.34. The Hall–Kier alpha value is -1.07. The van der Waals surface area contributed by atoms with Crippen LogP contribution in [0, 0.1) is 11.3 Å². The first kappa shape index (κ1) is 39.4. The molecule has 36 heavy (non-hydrogen) atoms. The summed E-state index contributed by atoms with van der Waals surface area (Å²) >= 11 is 0.300. The van der Waals surface area contributed by atoms with Gasteiger partial charge in [-0.05, 0) is 51.2 Å². The number of aliphatic hydroxyl groups is 1. The number of Topliss-reactive ketones (excluding diaryl/α,β-unsaturated/α-hetero) is 2. The second kappa shape index (κ2) is 24.3. The maximum absolute atomic E-state index is 12.6. The Balaban J connectivity index is -0.00000164. The number of carbonyl (C=O) groups excluding carboxylic acids is 2. The van der Waals surface area contributed by atoms with Gasteiger partial charge in [-0.2, -0.15) is 0 Å². The van der Waals surface area contributed by atoms with E-state index in [1.807, 2.05) is 0 Å². The van der Waals surface area contributed by atoms with E-state index in [2.05, 4.69) is 27.0 Å². The van der Waals surface area contributed by atoms with Crippen LogP contribution in [0.2, 0.25) is 0 Å². The molecule has 208 valence electrons. The maximum atomic E-state index is 12.6. The minimum atomic E-state index is -2.06. The quantitative estimate of drug-likeness (QED) is 0.0930. The van der Waals surface area contributed by atoms with Crippen LogP contribution in [0.5, 0.6) is 0 Å². The summed E-state index contributed by atoms with van der Waals surface area (Å²) in [4.78, 5) is 37.1. The van der Waals surface area contributed by atoms with Crippen molar-refractivity contribution < 1.29 is 52.1 Å². The van der Waals surface area contributed by atoms with Crippen LogP contribution in [-0.4, -0.2) is 33.9 Å². The second-order valence-electron chi connectivity index (χ2n) is 10.3. The van der Waals surface area contributed by atoms with Crippen LogP contribution in [-0.2, 0) is 41.9 Å². The van der Waals surface area contributed by atoms with Crippen molar-refractivity contribution in [3.8, 4) is 0 Å². The Kier molecular flexibility index (Phi) is 26.6. The van der Waals surface area contributed by atoms with Crippen molar-refractivity contribution in [3.63, 3.8) is 0 Å². The van der Waals surface area contributed by atoms with Gasteiger partial charge in [0.15, 0.2) is 17.0 Å². The molecule has 0 aliphatic heterocycles. The van der Waals surface area contributed by atoms with E-state index >= 15 is 0 Å². The second-order valence-corrected chi connectivity index (χ2v) is 10.3. The van der Waals surface area contributed by atoms with Crippen LogP contribution in [0.15, 0.2) is 24.3 Å². The summed E-state index contributed by atoms with van der Waals surface area (Å²) in [6.07, 6.45) is 13.7. The van der Waals surface area contributed by atoms with E-state index in [9.17, 15) is 19.5 Å². The van der Waals surface area contributed by atoms with E-state index in [-0.39, 0.29) is 23.7 Å². The van der Waals surface area contributed by atoms with Crippen molar-refractivity contribution in [3.05, 3.63) is 24.3 Å². The Morgan fingerprint density at radius 1 is 0.694 bits per heavy atom. The normalized spacial score (nSPS) is 10.7. The van der Waals surface area contributed by atoms with Gasteiger partial charge in [0, 0.05) is 6.10 Å². The van der Waals surface area contributed by atoms with Gasteiger partial charge in [0.25, 0.3) is 0 Å². The number of hydrogen-bond acceptors (Lipinski definition) is 5. The number of carboxylic acid groups (broad SMARTS) is 1. The van der Waals surface area contributed by atoms with Gasteiger partial charge in [-0.1, -0.05) is 104 Å². The van der Waals surface area contributed by atoms with Gasteiger partial charge in [0.05, 0.1) is 0 Å². The molecule has 0 radical (unpaired) electrons. The van der Waals surface area contributed by atoms with Crippen LogP contribution in [0.4, 0.5) is 0 Å². The van der Waals surface area contributed by atoms with Gasteiger partial charge < -0.3 is 10.2 Å². The van der Waals surface area contributed by atoms with Gasteiger partial charge in [-0.15, -0.1) is 0 Å². The fraction of sp³-hybridized carbons (Fsp3) is 0.759. The molecular formula is C29H52O6Zr. The van der Waals surface area contributed by atoms with E-state index in [0.29, 0.717) is 31.1 Å². The molecule has 0 aromatic heterocycles. The molecule has 0 rings (SSSR count). The number of unbranched alkanes of at least 4 members (excludes halogenated alkanes) is 10. The minimum absolute atomic E-state index is 0.0100. The molecule has 2 N–H and O–H groups in total.